The minimum atomic E-state index is 0.820. The van der Waals surface area contributed by atoms with Gasteiger partial charge in [-0.2, -0.15) is 0 Å². The molecule has 0 saturated carbocycles. The van der Waals surface area contributed by atoms with Gasteiger partial charge in [-0.1, -0.05) is 97.1 Å². The van der Waals surface area contributed by atoms with Gasteiger partial charge in [0.25, 0.3) is 0 Å². The minimum Gasteiger partial charge on any atom is -0.456 e. The molecule has 11 aromatic rings. The second kappa shape index (κ2) is 10.8. The van der Waals surface area contributed by atoms with Crippen molar-refractivity contribution in [2.45, 2.75) is 0 Å². The number of benzene rings is 8. The zero-order chi connectivity index (χ0) is 33.5. The van der Waals surface area contributed by atoms with Gasteiger partial charge in [0.1, 0.15) is 28.1 Å². The number of rotatable bonds is 4. The standard InChI is InChI=1S/C47H28N2O2/c1-2-9-31-24-32(18-16-29(31)8-1)34-21-23-46(48-28-34)49(41-12-7-15-44-47(41)37-11-4-6-14-43(37)50-44)35-22-20-30-17-19-33-25-45-40(27-39(33)38(30)26-35)36-10-3-5-13-42(36)51-45/h1-28H. The van der Waals surface area contributed by atoms with Gasteiger partial charge in [-0.15, -0.1) is 0 Å². The Bertz CT molecular complexity index is 3150. The third kappa shape index (κ3) is 4.37. The van der Waals surface area contributed by atoms with Crippen molar-refractivity contribution in [2.75, 3.05) is 4.90 Å². The number of hydrogen-bond acceptors (Lipinski definition) is 4. The molecule has 0 fully saturated rings. The Hall–Kier alpha value is -6.91. The number of furan rings is 2. The molecule has 0 aliphatic rings. The van der Waals surface area contributed by atoms with E-state index in [4.69, 9.17) is 13.8 Å². The van der Waals surface area contributed by atoms with Crippen LogP contribution >= 0.6 is 0 Å². The summed E-state index contributed by atoms with van der Waals surface area (Å²) in [6, 6.07) is 57.6. The third-order valence-electron chi connectivity index (χ3n) is 10.3. The van der Waals surface area contributed by atoms with Gasteiger partial charge in [0.2, 0.25) is 0 Å². The molecule has 4 nitrogen and oxygen atoms in total. The SMILES string of the molecule is c1ccc2cc(-c3ccc(N(c4ccc5ccc6cc7oc8ccccc8c7cc6c5c4)c4cccc5oc6ccccc6c45)nc3)ccc2c1. The molecule has 0 N–H and O–H groups in total. The lowest BCUT2D eigenvalue weighted by atomic mass is 9.98. The molecule has 0 saturated heterocycles. The Kier molecular flexibility index (Phi) is 5.92. The van der Waals surface area contributed by atoms with E-state index in [9.17, 15) is 0 Å². The molecular weight excluding hydrogens is 625 g/mol. The van der Waals surface area contributed by atoms with Crippen molar-refractivity contribution in [1.29, 1.82) is 0 Å². The van der Waals surface area contributed by atoms with Crippen LogP contribution in [0.2, 0.25) is 0 Å². The molecule has 3 aromatic heterocycles. The number of pyridine rings is 1. The van der Waals surface area contributed by atoms with Crippen LogP contribution in [0, 0.1) is 0 Å². The molecule has 0 aliphatic carbocycles. The topological polar surface area (TPSA) is 42.4 Å². The van der Waals surface area contributed by atoms with E-state index in [0.29, 0.717) is 0 Å². The normalized spacial score (nSPS) is 11.9. The number of aromatic nitrogens is 1. The van der Waals surface area contributed by atoms with Gasteiger partial charge in [0.15, 0.2) is 0 Å². The van der Waals surface area contributed by atoms with Crippen molar-refractivity contribution in [3.05, 3.63) is 170 Å². The third-order valence-corrected chi connectivity index (χ3v) is 10.3. The average Bonchev–Trinajstić information content (AvgIpc) is 3.75. The first-order valence-corrected chi connectivity index (χ1v) is 17.2. The van der Waals surface area contributed by atoms with Crippen LogP contribution in [0.4, 0.5) is 17.2 Å². The van der Waals surface area contributed by atoms with Crippen molar-refractivity contribution in [3.8, 4) is 11.1 Å². The Morgan fingerprint density at radius 1 is 0.392 bits per heavy atom. The fourth-order valence-corrected chi connectivity index (χ4v) is 7.79. The number of fused-ring (bicyclic) bond motifs is 10. The van der Waals surface area contributed by atoms with E-state index < -0.39 is 0 Å². The maximum Gasteiger partial charge on any atom is 0.137 e. The summed E-state index contributed by atoms with van der Waals surface area (Å²) < 4.78 is 12.6. The Labute approximate surface area is 292 Å². The maximum atomic E-state index is 6.37. The van der Waals surface area contributed by atoms with E-state index in [1.54, 1.807) is 0 Å². The number of para-hydroxylation sites is 2. The largest absolute Gasteiger partial charge is 0.456 e. The first-order valence-electron chi connectivity index (χ1n) is 17.2. The van der Waals surface area contributed by atoms with E-state index in [-0.39, 0.29) is 0 Å². The summed E-state index contributed by atoms with van der Waals surface area (Å²) in [4.78, 5) is 7.42. The van der Waals surface area contributed by atoms with E-state index in [2.05, 4.69) is 138 Å². The lowest BCUT2D eigenvalue weighted by molar-refractivity contribution is 0.669. The predicted molar refractivity (Wildman–Crippen MR) is 211 cm³/mol. The van der Waals surface area contributed by atoms with Gasteiger partial charge in [-0.3, -0.25) is 4.90 Å². The summed E-state index contributed by atoms with van der Waals surface area (Å²) in [5.41, 5.74) is 7.72. The van der Waals surface area contributed by atoms with Gasteiger partial charge in [-0.05, 0) is 105 Å². The first kappa shape index (κ1) is 28.0. The molecule has 0 radical (unpaired) electrons. The van der Waals surface area contributed by atoms with E-state index >= 15 is 0 Å². The van der Waals surface area contributed by atoms with Crippen LogP contribution in [0.5, 0.6) is 0 Å². The first-order chi connectivity index (χ1) is 25.2. The van der Waals surface area contributed by atoms with Crippen molar-refractivity contribution in [3.63, 3.8) is 0 Å². The van der Waals surface area contributed by atoms with Crippen LogP contribution in [0.25, 0.3) is 87.3 Å². The van der Waals surface area contributed by atoms with Crippen LogP contribution in [-0.2, 0) is 0 Å². The molecule has 0 unspecified atom stereocenters. The van der Waals surface area contributed by atoms with Crippen LogP contribution in [-0.4, -0.2) is 4.98 Å². The van der Waals surface area contributed by atoms with E-state index in [1.165, 1.54) is 26.9 Å². The average molecular weight is 653 g/mol. The minimum absolute atomic E-state index is 0.820. The fraction of sp³-hybridized carbons (Fsp3) is 0. The highest BCUT2D eigenvalue weighted by Crippen LogP contribution is 2.44. The van der Waals surface area contributed by atoms with Crippen molar-refractivity contribution in [2.24, 2.45) is 0 Å². The molecule has 0 atom stereocenters. The predicted octanol–water partition coefficient (Wildman–Crippen LogP) is 13.5. The molecule has 51 heavy (non-hydrogen) atoms. The molecule has 238 valence electrons. The molecule has 4 heteroatoms. The summed E-state index contributed by atoms with van der Waals surface area (Å²) in [5, 5.41) is 11.5. The quantitative estimate of drug-likeness (QED) is 0.177. The zero-order valence-electron chi connectivity index (χ0n) is 27.4. The summed E-state index contributed by atoms with van der Waals surface area (Å²) >= 11 is 0. The van der Waals surface area contributed by atoms with Crippen molar-refractivity contribution >= 4 is 93.4 Å². The zero-order valence-corrected chi connectivity index (χ0v) is 27.4. The fourth-order valence-electron chi connectivity index (χ4n) is 7.79. The van der Waals surface area contributed by atoms with Crippen LogP contribution in [0.3, 0.4) is 0 Å². The van der Waals surface area contributed by atoms with Gasteiger partial charge in [0.05, 0.1) is 11.1 Å². The number of nitrogens with zero attached hydrogens (tertiary/aromatic N) is 2. The lowest BCUT2D eigenvalue weighted by Crippen LogP contribution is -2.12. The molecule has 3 heterocycles. The van der Waals surface area contributed by atoms with E-state index in [1.807, 2.05) is 36.5 Å². The molecule has 0 spiro atoms. The highest BCUT2D eigenvalue weighted by Gasteiger charge is 2.21. The highest BCUT2D eigenvalue weighted by molar-refractivity contribution is 6.18. The Morgan fingerprint density at radius 2 is 1.08 bits per heavy atom. The summed E-state index contributed by atoms with van der Waals surface area (Å²) in [6.07, 6.45) is 1.98. The number of hydrogen-bond donors (Lipinski definition) is 0. The van der Waals surface area contributed by atoms with Crippen molar-refractivity contribution < 1.29 is 8.83 Å². The van der Waals surface area contributed by atoms with Crippen LogP contribution < -0.4 is 4.90 Å². The monoisotopic (exact) mass is 652 g/mol. The smallest absolute Gasteiger partial charge is 0.137 e. The van der Waals surface area contributed by atoms with Crippen LogP contribution in [0.15, 0.2) is 179 Å². The Balaban J connectivity index is 1.14. The lowest BCUT2D eigenvalue weighted by Gasteiger charge is -2.26. The van der Waals surface area contributed by atoms with Crippen molar-refractivity contribution in [1.82, 2.24) is 4.98 Å². The second-order valence-corrected chi connectivity index (χ2v) is 13.2. The Morgan fingerprint density at radius 3 is 1.96 bits per heavy atom. The van der Waals surface area contributed by atoms with Gasteiger partial charge < -0.3 is 8.83 Å². The molecular formula is C47H28N2O2. The van der Waals surface area contributed by atoms with Crippen LogP contribution in [0.1, 0.15) is 0 Å². The maximum absolute atomic E-state index is 6.37. The highest BCUT2D eigenvalue weighted by atomic mass is 16.3. The summed E-state index contributed by atoms with van der Waals surface area (Å²) in [7, 11) is 0. The summed E-state index contributed by atoms with van der Waals surface area (Å²) in [5.74, 6) is 0.820. The molecule has 0 bridgehead atoms. The number of anilines is 3. The molecule has 8 aromatic carbocycles. The van der Waals surface area contributed by atoms with E-state index in [0.717, 1.165) is 77.6 Å². The van der Waals surface area contributed by atoms with Gasteiger partial charge in [-0.25, -0.2) is 4.98 Å². The second-order valence-electron chi connectivity index (χ2n) is 13.2. The van der Waals surface area contributed by atoms with Gasteiger partial charge in [0, 0.05) is 33.6 Å². The molecule has 11 rings (SSSR count). The van der Waals surface area contributed by atoms with Gasteiger partial charge >= 0.3 is 0 Å². The molecule has 0 aliphatic heterocycles. The molecule has 0 amide bonds. The summed E-state index contributed by atoms with van der Waals surface area (Å²) in [6.45, 7) is 0.